The van der Waals surface area contributed by atoms with Gasteiger partial charge in [0.2, 0.25) is 0 Å². The second kappa shape index (κ2) is 11.0. The minimum atomic E-state index is -0.111. The fourth-order valence-corrected chi connectivity index (χ4v) is 10.8. The van der Waals surface area contributed by atoms with Gasteiger partial charge in [-0.1, -0.05) is 164 Å². The molecule has 0 aromatic heterocycles. The molecule has 0 nitrogen and oxygen atoms in total. The molecule has 11 rings (SSSR count). The van der Waals surface area contributed by atoms with Gasteiger partial charge in [-0.25, -0.2) is 0 Å². The topological polar surface area (TPSA) is 0 Å². The summed E-state index contributed by atoms with van der Waals surface area (Å²) in [5, 5.41) is 5.67. The molecule has 5 aliphatic carbocycles. The van der Waals surface area contributed by atoms with Gasteiger partial charge >= 0.3 is 0 Å². The molecule has 0 fully saturated rings. The zero-order valence-corrected chi connectivity index (χ0v) is 33.7. The van der Waals surface area contributed by atoms with Gasteiger partial charge in [-0.15, -0.1) is 0 Å². The molecular weight excluding hydrogens is 661 g/mol. The summed E-state index contributed by atoms with van der Waals surface area (Å²) in [5.74, 6) is 0. The maximum atomic E-state index is 2.53. The smallest absolute Gasteiger partial charge is 0.0159 e. The summed E-state index contributed by atoms with van der Waals surface area (Å²) in [6, 6.07) is 33.6. The van der Waals surface area contributed by atoms with Crippen LogP contribution in [0.3, 0.4) is 0 Å². The SMILES string of the molecule is CC(C)(C)C1=Cc2ccc3ccc(-c4ccc5c(c4)C(C)(C)c4cc(-c6ccc7ccc8c9c7c6CC=C9CC(C(C)(C)C)=C8)ccc4-5)c4c3c2C(=CC4)C1. The number of hydrogen-bond acceptors (Lipinski definition) is 0. The molecule has 0 atom stereocenters. The first-order valence-electron chi connectivity index (χ1n) is 20.5. The average molecular weight is 711 g/mol. The first kappa shape index (κ1) is 33.2. The van der Waals surface area contributed by atoms with Gasteiger partial charge in [-0.2, -0.15) is 0 Å². The molecule has 0 amide bonds. The van der Waals surface area contributed by atoms with Gasteiger partial charge < -0.3 is 0 Å². The van der Waals surface area contributed by atoms with E-state index in [1.54, 1.807) is 0 Å². The predicted octanol–water partition coefficient (Wildman–Crippen LogP) is 15.2. The Labute approximate surface area is 327 Å². The first-order valence-corrected chi connectivity index (χ1v) is 20.5. The molecule has 0 radical (unpaired) electrons. The number of allylic oxidation sites excluding steroid dienone is 6. The van der Waals surface area contributed by atoms with E-state index >= 15 is 0 Å². The second-order valence-electron chi connectivity index (χ2n) is 19.6. The summed E-state index contributed by atoms with van der Waals surface area (Å²) in [7, 11) is 0. The fourth-order valence-electron chi connectivity index (χ4n) is 10.8. The van der Waals surface area contributed by atoms with Crippen LogP contribution in [0, 0.1) is 10.8 Å². The van der Waals surface area contributed by atoms with E-state index in [0.29, 0.717) is 0 Å². The fraction of sp³-hybridized carbons (Fsp3) is 0.273. The maximum Gasteiger partial charge on any atom is 0.0159 e. The van der Waals surface area contributed by atoms with E-state index in [1.165, 1.54) is 122 Å². The van der Waals surface area contributed by atoms with E-state index in [0.717, 1.165) is 25.7 Å². The van der Waals surface area contributed by atoms with E-state index < -0.39 is 0 Å². The molecule has 0 unspecified atom stereocenters. The molecule has 6 aromatic carbocycles. The van der Waals surface area contributed by atoms with Gasteiger partial charge in [-0.05, 0) is 159 Å². The summed E-state index contributed by atoms with van der Waals surface area (Å²) in [6.07, 6.45) is 14.1. The lowest BCUT2D eigenvalue weighted by molar-refractivity contribution is 0.498. The zero-order valence-electron chi connectivity index (χ0n) is 33.7. The standard InChI is InChI=1S/C55H50/c1-53(2,3)39-25-35-11-9-31-13-19-41(45-23-17-37(27-39)49(35)51(31)45)33-15-21-43-44-22-16-34(30-48(44)55(7,8)47(43)29-33)42-20-14-32-10-12-36-26-40(54(4,5)6)28-38-18-24-46(42)52(32)50(36)38/h9-22,25-26,29-30H,23-24,27-28H2,1-8H3. The number of benzene rings is 6. The third kappa shape index (κ3) is 4.70. The van der Waals surface area contributed by atoms with Gasteiger partial charge in [0.05, 0.1) is 0 Å². The molecule has 5 aliphatic rings. The lowest BCUT2D eigenvalue weighted by Gasteiger charge is -2.32. The van der Waals surface area contributed by atoms with Crippen molar-refractivity contribution in [3.05, 3.63) is 153 Å². The molecule has 0 heterocycles. The highest BCUT2D eigenvalue weighted by Crippen LogP contribution is 2.54. The number of fused-ring (bicyclic) bond motifs is 3. The van der Waals surface area contributed by atoms with Gasteiger partial charge in [0, 0.05) is 5.41 Å². The monoisotopic (exact) mass is 710 g/mol. The molecule has 0 N–H and O–H groups in total. The van der Waals surface area contributed by atoms with Gasteiger partial charge in [0.15, 0.2) is 0 Å². The second-order valence-corrected chi connectivity index (χ2v) is 19.6. The van der Waals surface area contributed by atoms with Crippen LogP contribution in [-0.2, 0) is 18.3 Å². The van der Waals surface area contributed by atoms with Crippen LogP contribution in [0.1, 0.15) is 113 Å². The van der Waals surface area contributed by atoms with Crippen LogP contribution >= 0.6 is 0 Å². The van der Waals surface area contributed by atoms with Crippen molar-refractivity contribution in [1.29, 1.82) is 0 Å². The molecule has 6 aromatic rings. The van der Waals surface area contributed by atoms with E-state index in [-0.39, 0.29) is 16.2 Å². The molecule has 0 spiro atoms. The maximum absolute atomic E-state index is 2.53. The number of hydrogen-bond donors (Lipinski definition) is 0. The normalized spacial score (nSPS) is 17.4. The van der Waals surface area contributed by atoms with Crippen LogP contribution in [0.4, 0.5) is 0 Å². The summed E-state index contributed by atoms with van der Waals surface area (Å²) in [5.41, 5.74) is 26.1. The van der Waals surface area contributed by atoms with Crippen molar-refractivity contribution < 1.29 is 0 Å². The van der Waals surface area contributed by atoms with Gasteiger partial charge in [0.25, 0.3) is 0 Å². The molecule has 0 aliphatic heterocycles. The third-order valence-corrected chi connectivity index (χ3v) is 14.0. The number of rotatable bonds is 2. The largest absolute Gasteiger partial charge is 0.0759 e. The molecule has 0 heteroatoms. The Morgan fingerprint density at radius 2 is 0.873 bits per heavy atom. The zero-order chi connectivity index (χ0) is 37.8. The Hall–Kier alpha value is -5.20. The van der Waals surface area contributed by atoms with Crippen LogP contribution in [-0.4, -0.2) is 0 Å². The lowest BCUT2D eigenvalue weighted by Crippen LogP contribution is -2.16. The minimum absolute atomic E-state index is 0.111. The molecule has 55 heavy (non-hydrogen) atoms. The van der Waals surface area contributed by atoms with E-state index in [4.69, 9.17) is 0 Å². The third-order valence-electron chi connectivity index (χ3n) is 14.0. The van der Waals surface area contributed by atoms with Crippen LogP contribution in [0.2, 0.25) is 0 Å². The molecular formula is C55H50. The molecule has 0 saturated heterocycles. The van der Waals surface area contributed by atoms with Crippen LogP contribution in [0.25, 0.3) is 78.2 Å². The highest BCUT2D eigenvalue weighted by atomic mass is 14.4. The van der Waals surface area contributed by atoms with Gasteiger partial charge in [0.1, 0.15) is 0 Å². The van der Waals surface area contributed by atoms with Crippen molar-refractivity contribution in [2.24, 2.45) is 10.8 Å². The Bertz CT molecular complexity index is 2680. The van der Waals surface area contributed by atoms with Crippen LogP contribution < -0.4 is 0 Å². The molecule has 0 bridgehead atoms. The average Bonchev–Trinajstić information content (AvgIpc) is 3.39. The first-order chi connectivity index (χ1) is 26.3. The van der Waals surface area contributed by atoms with Gasteiger partial charge in [-0.3, -0.25) is 0 Å². The summed E-state index contributed by atoms with van der Waals surface area (Å²) in [4.78, 5) is 0. The summed E-state index contributed by atoms with van der Waals surface area (Å²) < 4.78 is 0. The van der Waals surface area contributed by atoms with Crippen molar-refractivity contribution in [3.63, 3.8) is 0 Å². The van der Waals surface area contributed by atoms with E-state index in [1.807, 2.05) is 0 Å². The predicted molar refractivity (Wildman–Crippen MR) is 237 cm³/mol. The van der Waals surface area contributed by atoms with Crippen molar-refractivity contribution in [3.8, 4) is 33.4 Å². The van der Waals surface area contributed by atoms with Crippen molar-refractivity contribution >= 4 is 44.8 Å². The van der Waals surface area contributed by atoms with Crippen molar-refractivity contribution in [2.75, 3.05) is 0 Å². The Morgan fingerprint density at radius 3 is 1.29 bits per heavy atom. The summed E-state index contributed by atoms with van der Waals surface area (Å²) >= 11 is 0. The Kier molecular flexibility index (Phi) is 6.62. The Balaban J connectivity index is 1.00. The van der Waals surface area contributed by atoms with E-state index in [2.05, 4.69) is 165 Å². The molecule has 0 saturated carbocycles. The lowest BCUT2D eigenvalue weighted by atomic mass is 9.72. The summed E-state index contributed by atoms with van der Waals surface area (Å²) in [6.45, 7) is 19.0. The van der Waals surface area contributed by atoms with Crippen molar-refractivity contribution in [1.82, 2.24) is 0 Å². The highest BCUT2D eigenvalue weighted by Gasteiger charge is 2.37. The Morgan fingerprint density at radius 1 is 0.473 bits per heavy atom. The van der Waals surface area contributed by atoms with Crippen molar-refractivity contribution in [2.45, 2.75) is 86.5 Å². The van der Waals surface area contributed by atoms with E-state index in [9.17, 15) is 0 Å². The quantitative estimate of drug-likeness (QED) is 0.168. The van der Waals surface area contributed by atoms with Crippen LogP contribution in [0.15, 0.2) is 108 Å². The van der Waals surface area contributed by atoms with Crippen LogP contribution in [0.5, 0.6) is 0 Å². The highest BCUT2D eigenvalue weighted by molar-refractivity contribution is 6.07. The molecule has 270 valence electrons. The minimum Gasteiger partial charge on any atom is -0.0759 e.